The number of thiazole rings is 1. The molecule has 0 bridgehead atoms. The van der Waals surface area contributed by atoms with Crippen molar-refractivity contribution in [3.8, 4) is 0 Å². The lowest BCUT2D eigenvalue weighted by atomic mass is 9.83. The summed E-state index contributed by atoms with van der Waals surface area (Å²) in [6, 6.07) is 0. The van der Waals surface area contributed by atoms with Gasteiger partial charge in [-0.15, -0.1) is 35.3 Å². The molecule has 150 valence electrons. The molecule has 0 amide bonds. The Morgan fingerprint density at radius 1 is 1.31 bits per heavy atom. The summed E-state index contributed by atoms with van der Waals surface area (Å²) < 4.78 is 5.32. The summed E-state index contributed by atoms with van der Waals surface area (Å²) >= 11 is 1.81. The number of nitrogens with zero attached hydrogens (tertiary/aromatic N) is 2. The molecule has 1 aromatic rings. The van der Waals surface area contributed by atoms with Crippen LogP contribution in [0.2, 0.25) is 0 Å². The molecule has 0 atom stereocenters. The first-order chi connectivity index (χ1) is 12.2. The molecule has 1 fully saturated rings. The third-order valence-corrected chi connectivity index (χ3v) is 6.20. The molecule has 0 aromatic carbocycles. The predicted molar refractivity (Wildman–Crippen MR) is 122 cm³/mol. The van der Waals surface area contributed by atoms with Gasteiger partial charge in [0.2, 0.25) is 0 Å². The Labute approximate surface area is 179 Å². The summed E-state index contributed by atoms with van der Waals surface area (Å²) in [6.45, 7) is 7.77. The molecule has 1 heterocycles. The average Bonchev–Trinajstić information content (AvgIpc) is 3.28. The Balaban J connectivity index is 0.00000338. The Kier molecular flexibility index (Phi) is 11.7. The number of aryl methyl sites for hydroxylation is 1. The zero-order chi connectivity index (χ0) is 18.0. The van der Waals surface area contributed by atoms with Crippen molar-refractivity contribution in [3.05, 3.63) is 16.1 Å². The van der Waals surface area contributed by atoms with E-state index >= 15 is 0 Å². The van der Waals surface area contributed by atoms with Crippen molar-refractivity contribution in [3.63, 3.8) is 0 Å². The van der Waals surface area contributed by atoms with Gasteiger partial charge in [-0.2, -0.15) is 0 Å². The Morgan fingerprint density at radius 2 is 2.08 bits per heavy atom. The van der Waals surface area contributed by atoms with Crippen molar-refractivity contribution in [2.75, 3.05) is 33.4 Å². The molecule has 1 saturated carbocycles. The summed E-state index contributed by atoms with van der Waals surface area (Å²) in [5.74, 6) is 0.929. The molecule has 5 nitrogen and oxygen atoms in total. The number of methoxy groups -OCH3 is 1. The van der Waals surface area contributed by atoms with Crippen LogP contribution in [0.25, 0.3) is 0 Å². The number of rotatable bonds is 10. The van der Waals surface area contributed by atoms with E-state index in [0.717, 1.165) is 51.5 Å². The molecule has 0 radical (unpaired) electrons. The topological polar surface area (TPSA) is 58.5 Å². The van der Waals surface area contributed by atoms with E-state index in [1.165, 1.54) is 35.6 Å². The molecule has 0 unspecified atom stereocenters. The van der Waals surface area contributed by atoms with Crippen molar-refractivity contribution in [2.45, 2.75) is 58.8 Å². The van der Waals surface area contributed by atoms with E-state index in [2.05, 4.69) is 29.5 Å². The average molecular weight is 494 g/mol. The highest BCUT2D eigenvalue weighted by Gasteiger charge is 2.33. The van der Waals surface area contributed by atoms with Gasteiger partial charge in [0, 0.05) is 50.8 Å². The van der Waals surface area contributed by atoms with E-state index in [1.54, 1.807) is 7.11 Å². The molecule has 0 spiro atoms. The third-order valence-electron chi connectivity index (χ3n) is 5.00. The van der Waals surface area contributed by atoms with Crippen LogP contribution >= 0.6 is 35.3 Å². The van der Waals surface area contributed by atoms with Crippen LogP contribution in [0.3, 0.4) is 0 Å². The molecule has 1 aromatic heterocycles. The van der Waals surface area contributed by atoms with Gasteiger partial charge in [-0.05, 0) is 38.0 Å². The van der Waals surface area contributed by atoms with Gasteiger partial charge in [0.25, 0.3) is 0 Å². The number of nitrogens with one attached hydrogen (secondary N) is 2. The minimum Gasteiger partial charge on any atom is -0.385 e. The van der Waals surface area contributed by atoms with Gasteiger partial charge in [0.05, 0.1) is 5.01 Å². The minimum absolute atomic E-state index is 0. The molecule has 1 aliphatic rings. The fourth-order valence-corrected chi connectivity index (χ4v) is 4.30. The molecule has 2 rings (SSSR count). The second-order valence-corrected chi connectivity index (χ2v) is 8.10. The highest BCUT2D eigenvalue weighted by molar-refractivity contribution is 14.0. The molecule has 26 heavy (non-hydrogen) atoms. The standard InChI is InChI=1S/C19H34N4OS.HI/c1-4-16-14-22-17(25-16)8-12-21-18(20-5-2)23-15-19(11-13-24-3)9-6-7-10-19;/h14H,4-13,15H2,1-3H3,(H2,20,21,23);1H. The first-order valence-electron chi connectivity index (χ1n) is 9.66. The molecule has 1 aliphatic carbocycles. The van der Waals surface area contributed by atoms with Crippen molar-refractivity contribution in [2.24, 2.45) is 10.4 Å². The van der Waals surface area contributed by atoms with Crippen LogP contribution < -0.4 is 10.6 Å². The lowest BCUT2D eigenvalue weighted by molar-refractivity contribution is 0.141. The van der Waals surface area contributed by atoms with Gasteiger partial charge in [0.15, 0.2) is 5.96 Å². The van der Waals surface area contributed by atoms with Crippen LogP contribution in [-0.4, -0.2) is 44.3 Å². The Morgan fingerprint density at radius 3 is 2.69 bits per heavy atom. The highest BCUT2D eigenvalue weighted by atomic mass is 127. The van der Waals surface area contributed by atoms with E-state index < -0.39 is 0 Å². The molecule has 0 aliphatic heterocycles. The number of guanidine groups is 1. The predicted octanol–water partition coefficient (Wildman–Crippen LogP) is 4.02. The first-order valence-corrected chi connectivity index (χ1v) is 10.5. The summed E-state index contributed by atoms with van der Waals surface area (Å²) in [5, 5.41) is 8.04. The maximum absolute atomic E-state index is 5.32. The van der Waals surface area contributed by atoms with Gasteiger partial charge >= 0.3 is 0 Å². The quantitative estimate of drug-likeness (QED) is 0.293. The number of aliphatic imine (C=N–C) groups is 1. The lowest BCUT2D eigenvalue weighted by Gasteiger charge is -2.27. The second-order valence-electron chi connectivity index (χ2n) is 6.90. The molecule has 0 saturated heterocycles. The number of aromatic nitrogens is 1. The second kappa shape index (κ2) is 12.9. The van der Waals surface area contributed by atoms with E-state index in [1.807, 2.05) is 17.5 Å². The fraction of sp³-hybridized carbons (Fsp3) is 0.789. The largest absolute Gasteiger partial charge is 0.385 e. The van der Waals surface area contributed by atoms with Gasteiger partial charge in [-0.3, -0.25) is 4.99 Å². The van der Waals surface area contributed by atoms with Crippen LogP contribution in [0, 0.1) is 5.41 Å². The van der Waals surface area contributed by atoms with Crippen molar-refractivity contribution in [1.82, 2.24) is 15.6 Å². The van der Waals surface area contributed by atoms with Gasteiger partial charge in [-0.25, -0.2) is 4.98 Å². The summed E-state index contributed by atoms with van der Waals surface area (Å²) in [6.07, 6.45) is 10.3. The normalized spacial score (nSPS) is 16.3. The van der Waals surface area contributed by atoms with E-state index in [4.69, 9.17) is 9.73 Å². The fourth-order valence-electron chi connectivity index (χ4n) is 3.43. The smallest absolute Gasteiger partial charge is 0.191 e. The number of hydrogen-bond acceptors (Lipinski definition) is 4. The van der Waals surface area contributed by atoms with Crippen molar-refractivity contribution in [1.29, 1.82) is 0 Å². The van der Waals surface area contributed by atoms with Gasteiger partial charge in [0.1, 0.15) is 0 Å². The molecular weight excluding hydrogens is 459 g/mol. The number of hydrogen-bond donors (Lipinski definition) is 2. The van der Waals surface area contributed by atoms with Crippen LogP contribution in [0.15, 0.2) is 11.2 Å². The van der Waals surface area contributed by atoms with E-state index in [9.17, 15) is 0 Å². The highest BCUT2D eigenvalue weighted by Crippen LogP contribution is 2.41. The molecular formula is C19H35IN4OS. The maximum Gasteiger partial charge on any atom is 0.191 e. The summed E-state index contributed by atoms with van der Waals surface area (Å²) in [4.78, 5) is 10.7. The maximum atomic E-state index is 5.32. The number of halogens is 1. The monoisotopic (exact) mass is 494 g/mol. The SMILES string of the molecule is CCNC(=NCC1(CCOC)CCCC1)NCCc1ncc(CC)s1.I. The third kappa shape index (κ3) is 7.68. The van der Waals surface area contributed by atoms with Gasteiger partial charge < -0.3 is 15.4 Å². The van der Waals surface area contributed by atoms with E-state index in [-0.39, 0.29) is 24.0 Å². The van der Waals surface area contributed by atoms with Crippen LogP contribution in [-0.2, 0) is 17.6 Å². The van der Waals surface area contributed by atoms with Crippen molar-refractivity contribution < 1.29 is 4.74 Å². The zero-order valence-electron chi connectivity index (χ0n) is 16.5. The Bertz CT molecular complexity index is 529. The van der Waals surface area contributed by atoms with Crippen molar-refractivity contribution >= 4 is 41.3 Å². The van der Waals surface area contributed by atoms with Gasteiger partial charge in [-0.1, -0.05) is 19.8 Å². The lowest BCUT2D eigenvalue weighted by Crippen LogP contribution is -2.39. The first kappa shape index (κ1) is 23.6. The summed E-state index contributed by atoms with van der Waals surface area (Å²) in [5.41, 5.74) is 0.337. The van der Waals surface area contributed by atoms with Crippen LogP contribution in [0.4, 0.5) is 0 Å². The summed E-state index contributed by atoms with van der Waals surface area (Å²) in [7, 11) is 1.79. The van der Waals surface area contributed by atoms with E-state index in [0.29, 0.717) is 5.41 Å². The van der Waals surface area contributed by atoms with Crippen LogP contribution in [0.5, 0.6) is 0 Å². The molecule has 2 N–H and O–H groups in total. The Hall–Kier alpha value is -0.410. The zero-order valence-corrected chi connectivity index (χ0v) is 19.6. The minimum atomic E-state index is 0. The molecule has 7 heteroatoms. The van der Waals surface area contributed by atoms with Crippen LogP contribution in [0.1, 0.15) is 55.8 Å². The number of ether oxygens (including phenoxy) is 1.